The second kappa shape index (κ2) is 6.09. The molecule has 0 saturated heterocycles. The lowest BCUT2D eigenvalue weighted by Gasteiger charge is -2.21. The van der Waals surface area contributed by atoms with Crippen LogP contribution >= 0.6 is 0 Å². The fourth-order valence-corrected chi connectivity index (χ4v) is 2.46. The summed E-state index contributed by atoms with van der Waals surface area (Å²) >= 11 is 0. The number of aryl methyl sites for hydroxylation is 2. The molecule has 0 aliphatic carbocycles. The molecule has 1 aromatic carbocycles. The molecule has 1 N–H and O–H groups in total. The summed E-state index contributed by atoms with van der Waals surface area (Å²) in [6.07, 6.45) is 0.517. The zero-order valence-corrected chi connectivity index (χ0v) is 12.7. The molecule has 19 heavy (non-hydrogen) atoms. The van der Waals surface area contributed by atoms with Crippen LogP contribution < -0.4 is 4.74 Å². The van der Waals surface area contributed by atoms with Crippen molar-refractivity contribution in [2.24, 2.45) is 11.8 Å². The first-order valence-electron chi connectivity index (χ1n) is 6.66. The van der Waals surface area contributed by atoms with Gasteiger partial charge in [-0.05, 0) is 55.4 Å². The highest BCUT2D eigenvalue weighted by atomic mass is 16.5. The predicted octanol–water partition coefficient (Wildman–Crippen LogP) is 3.52. The van der Waals surface area contributed by atoms with Crippen LogP contribution in [0.15, 0.2) is 6.07 Å². The molecule has 0 bridgehead atoms. The van der Waals surface area contributed by atoms with Gasteiger partial charge >= 0.3 is 5.97 Å². The van der Waals surface area contributed by atoms with Crippen molar-refractivity contribution in [2.45, 2.75) is 41.0 Å². The van der Waals surface area contributed by atoms with Crippen molar-refractivity contribution >= 4 is 5.97 Å². The summed E-state index contributed by atoms with van der Waals surface area (Å²) in [6.45, 7) is 9.97. The molecular formula is C16H24O3. The maximum Gasteiger partial charge on any atom is 0.307 e. The Hall–Kier alpha value is -1.51. The molecule has 0 heterocycles. The predicted molar refractivity (Wildman–Crippen MR) is 76.9 cm³/mol. The average molecular weight is 264 g/mol. The van der Waals surface area contributed by atoms with Crippen LogP contribution in [-0.2, 0) is 11.2 Å². The highest BCUT2D eigenvalue weighted by Gasteiger charge is 2.25. The summed E-state index contributed by atoms with van der Waals surface area (Å²) in [5, 5.41) is 9.34. The van der Waals surface area contributed by atoms with E-state index in [4.69, 9.17) is 4.74 Å². The number of aliphatic carboxylic acids is 1. The minimum Gasteiger partial charge on any atom is -0.496 e. The summed E-state index contributed by atoms with van der Waals surface area (Å²) < 4.78 is 5.51. The van der Waals surface area contributed by atoms with Gasteiger partial charge in [-0.25, -0.2) is 0 Å². The minimum absolute atomic E-state index is 0.100. The van der Waals surface area contributed by atoms with E-state index in [1.54, 1.807) is 7.11 Å². The molecule has 1 aromatic rings. The lowest BCUT2D eigenvalue weighted by Crippen LogP contribution is -2.23. The minimum atomic E-state index is -0.741. The molecule has 0 amide bonds. The van der Waals surface area contributed by atoms with Crippen molar-refractivity contribution in [1.29, 1.82) is 0 Å². The van der Waals surface area contributed by atoms with Crippen LogP contribution in [0.1, 0.15) is 36.1 Å². The second-order valence-corrected chi connectivity index (χ2v) is 5.54. The number of benzene rings is 1. The van der Waals surface area contributed by atoms with Crippen molar-refractivity contribution in [3.63, 3.8) is 0 Å². The van der Waals surface area contributed by atoms with Crippen molar-refractivity contribution < 1.29 is 14.6 Å². The number of rotatable bonds is 5. The fraction of sp³-hybridized carbons (Fsp3) is 0.562. The van der Waals surface area contributed by atoms with E-state index in [-0.39, 0.29) is 11.8 Å². The van der Waals surface area contributed by atoms with Crippen LogP contribution in [0.2, 0.25) is 0 Å². The Morgan fingerprint density at radius 2 is 1.84 bits per heavy atom. The number of carboxylic acid groups (broad SMARTS) is 1. The third-order valence-corrected chi connectivity index (χ3v) is 3.87. The van der Waals surface area contributed by atoms with Gasteiger partial charge in [-0.1, -0.05) is 19.9 Å². The monoisotopic (exact) mass is 264 g/mol. The van der Waals surface area contributed by atoms with Crippen molar-refractivity contribution in [2.75, 3.05) is 7.11 Å². The van der Waals surface area contributed by atoms with Gasteiger partial charge in [0.1, 0.15) is 5.75 Å². The maximum absolute atomic E-state index is 11.4. The second-order valence-electron chi connectivity index (χ2n) is 5.54. The van der Waals surface area contributed by atoms with Gasteiger partial charge in [0.2, 0.25) is 0 Å². The van der Waals surface area contributed by atoms with E-state index in [1.807, 2.05) is 34.6 Å². The Morgan fingerprint density at radius 3 is 2.26 bits per heavy atom. The third kappa shape index (κ3) is 3.28. The van der Waals surface area contributed by atoms with Gasteiger partial charge in [0.05, 0.1) is 13.0 Å². The quantitative estimate of drug-likeness (QED) is 0.885. The van der Waals surface area contributed by atoms with Gasteiger partial charge in [-0.3, -0.25) is 4.79 Å². The van der Waals surface area contributed by atoms with Crippen LogP contribution in [-0.4, -0.2) is 18.2 Å². The van der Waals surface area contributed by atoms with Gasteiger partial charge in [0, 0.05) is 0 Å². The first-order valence-corrected chi connectivity index (χ1v) is 6.66. The summed E-state index contributed by atoms with van der Waals surface area (Å²) in [4.78, 5) is 11.4. The van der Waals surface area contributed by atoms with E-state index in [2.05, 4.69) is 6.07 Å². The molecule has 0 spiro atoms. The van der Waals surface area contributed by atoms with E-state index in [0.29, 0.717) is 6.42 Å². The highest BCUT2D eigenvalue weighted by Crippen LogP contribution is 2.32. The SMILES string of the molecule is COc1c(C)c(C)cc(C)c1CC(C(=O)O)C(C)C. The zero-order chi connectivity index (χ0) is 14.7. The molecule has 3 heteroatoms. The standard InChI is InChI=1S/C16H24O3/c1-9(2)13(16(17)18)8-14-11(4)7-10(3)12(5)15(14)19-6/h7,9,13H,8H2,1-6H3,(H,17,18). The lowest BCUT2D eigenvalue weighted by molar-refractivity contribution is -0.143. The van der Waals surface area contributed by atoms with Crippen molar-refractivity contribution in [1.82, 2.24) is 0 Å². The van der Waals surface area contributed by atoms with Gasteiger partial charge in [0.25, 0.3) is 0 Å². The van der Waals surface area contributed by atoms with Gasteiger partial charge < -0.3 is 9.84 Å². The fourth-order valence-electron chi connectivity index (χ4n) is 2.46. The number of carboxylic acids is 1. The van der Waals surface area contributed by atoms with Crippen LogP contribution in [0.3, 0.4) is 0 Å². The maximum atomic E-state index is 11.4. The Morgan fingerprint density at radius 1 is 1.26 bits per heavy atom. The summed E-state index contributed by atoms with van der Waals surface area (Å²) in [7, 11) is 1.65. The summed E-state index contributed by atoms with van der Waals surface area (Å²) in [5.41, 5.74) is 4.39. The van der Waals surface area contributed by atoms with Gasteiger partial charge in [-0.15, -0.1) is 0 Å². The molecule has 0 aliphatic heterocycles. The average Bonchev–Trinajstić information content (AvgIpc) is 2.30. The summed E-state index contributed by atoms with van der Waals surface area (Å²) in [5.74, 6) is -0.183. The molecule has 1 atom stereocenters. The number of hydrogen-bond acceptors (Lipinski definition) is 2. The Bertz CT molecular complexity index is 475. The van der Waals surface area contributed by atoms with E-state index in [9.17, 15) is 9.90 Å². The van der Waals surface area contributed by atoms with E-state index in [1.165, 1.54) is 5.56 Å². The van der Waals surface area contributed by atoms with Crippen LogP contribution in [0.25, 0.3) is 0 Å². The van der Waals surface area contributed by atoms with Crippen molar-refractivity contribution in [3.8, 4) is 5.75 Å². The molecule has 3 nitrogen and oxygen atoms in total. The molecule has 0 saturated carbocycles. The Balaban J connectivity index is 3.27. The zero-order valence-electron chi connectivity index (χ0n) is 12.7. The molecule has 1 unspecified atom stereocenters. The number of ether oxygens (including phenoxy) is 1. The van der Waals surface area contributed by atoms with E-state index < -0.39 is 5.97 Å². The Labute approximate surface area is 115 Å². The van der Waals surface area contributed by atoms with Crippen LogP contribution in [0.5, 0.6) is 5.75 Å². The number of methoxy groups -OCH3 is 1. The molecule has 1 rings (SSSR count). The first-order chi connectivity index (χ1) is 8.79. The largest absolute Gasteiger partial charge is 0.496 e. The van der Waals surface area contributed by atoms with Crippen LogP contribution in [0.4, 0.5) is 0 Å². The highest BCUT2D eigenvalue weighted by molar-refractivity contribution is 5.71. The normalized spacial score (nSPS) is 12.6. The van der Waals surface area contributed by atoms with E-state index >= 15 is 0 Å². The third-order valence-electron chi connectivity index (χ3n) is 3.87. The molecule has 106 valence electrons. The Kier molecular flexibility index (Phi) is 4.98. The first kappa shape index (κ1) is 15.5. The van der Waals surface area contributed by atoms with Gasteiger partial charge in [0.15, 0.2) is 0 Å². The topological polar surface area (TPSA) is 46.5 Å². The van der Waals surface area contributed by atoms with E-state index in [0.717, 1.165) is 22.4 Å². The molecular weight excluding hydrogens is 240 g/mol. The lowest BCUT2D eigenvalue weighted by atomic mass is 9.86. The van der Waals surface area contributed by atoms with Crippen LogP contribution in [0, 0.1) is 32.6 Å². The summed E-state index contributed by atoms with van der Waals surface area (Å²) in [6, 6.07) is 2.10. The van der Waals surface area contributed by atoms with Gasteiger partial charge in [-0.2, -0.15) is 0 Å². The molecule has 0 aromatic heterocycles. The van der Waals surface area contributed by atoms with Crippen molar-refractivity contribution in [3.05, 3.63) is 28.3 Å². The molecule has 0 aliphatic rings. The number of carbonyl (C=O) groups is 1. The smallest absolute Gasteiger partial charge is 0.307 e. The number of hydrogen-bond donors (Lipinski definition) is 1. The molecule has 0 radical (unpaired) electrons. The molecule has 0 fully saturated rings.